The van der Waals surface area contributed by atoms with E-state index in [2.05, 4.69) is 104 Å². The Hall–Kier alpha value is -4.05. The van der Waals surface area contributed by atoms with Gasteiger partial charge in [-0.05, 0) is 108 Å². The summed E-state index contributed by atoms with van der Waals surface area (Å²) in [7, 11) is 8.10. The molecule has 5 atom stereocenters. The maximum absolute atomic E-state index is 8.11. The smallest absolute Gasteiger partial charge is 0.181 e. The summed E-state index contributed by atoms with van der Waals surface area (Å²) in [6.45, 7) is 2.69. The van der Waals surface area contributed by atoms with Crippen LogP contribution in [0.3, 0.4) is 0 Å². The van der Waals surface area contributed by atoms with Gasteiger partial charge in [0.1, 0.15) is 4.87 Å². The Bertz CT molecular complexity index is 2380. The van der Waals surface area contributed by atoms with Crippen LogP contribution < -0.4 is 5.32 Å². The highest BCUT2D eigenvalue weighted by Gasteiger charge is 2.64. The second kappa shape index (κ2) is 14.1. The number of nitrogens with zero attached hydrogens (tertiary/aromatic N) is 6. The summed E-state index contributed by atoms with van der Waals surface area (Å²) in [6.07, 6.45) is 34.5. The topological polar surface area (TPSA) is 65.5 Å². The number of nitrogens with one attached hydrogen (secondary N) is 2. The number of hydrogen-bond donors (Lipinski definition) is 2. The molecule has 1 fully saturated rings. The Kier molecular flexibility index (Phi) is 9.49. The average Bonchev–Trinajstić information content (AvgIpc) is 4.02. The summed E-state index contributed by atoms with van der Waals surface area (Å²) >= 11 is 39.5. The molecule has 2 N–H and O–H groups in total. The van der Waals surface area contributed by atoms with E-state index in [9.17, 15) is 0 Å². The number of fused-ring (bicyclic) bond motifs is 6. The lowest BCUT2D eigenvalue weighted by atomic mass is 9.83. The monoisotopic (exact) mass is 857 g/mol. The fraction of sp³-hybridized carbons (Fsp3) is 0.295. The lowest BCUT2D eigenvalue weighted by Crippen LogP contribution is -2.61. The van der Waals surface area contributed by atoms with Gasteiger partial charge in [0.2, 0.25) is 0 Å². The van der Waals surface area contributed by atoms with Crippen molar-refractivity contribution >= 4 is 75.0 Å². The summed E-state index contributed by atoms with van der Waals surface area (Å²) in [5.74, 6) is 0. The van der Waals surface area contributed by atoms with Crippen molar-refractivity contribution in [2.45, 2.75) is 25.1 Å². The van der Waals surface area contributed by atoms with Gasteiger partial charge in [-0.25, -0.2) is 4.99 Å². The first-order chi connectivity index (χ1) is 27.2. The van der Waals surface area contributed by atoms with E-state index in [1.807, 2.05) is 70.3 Å². The quantitative estimate of drug-likeness (QED) is 0.236. The van der Waals surface area contributed by atoms with Crippen molar-refractivity contribution in [1.82, 2.24) is 29.9 Å². The van der Waals surface area contributed by atoms with Crippen molar-refractivity contribution in [2.24, 2.45) is 9.98 Å². The number of aromatic amines is 1. The number of alkyl halides is 5. The van der Waals surface area contributed by atoms with Crippen molar-refractivity contribution in [1.29, 1.82) is 0 Å². The van der Waals surface area contributed by atoms with Gasteiger partial charge < -0.3 is 29.9 Å². The van der Waals surface area contributed by atoms with Crippen LogP contribution in [0.5, 0.6) is 0 Å². The fourth-order valence-corrected chi connectivity index (χ4v) is 10.3. The van der Waals surface area contributed by atoms with Gasteiger partial charge in [0, 0.05) is 89.0 Å². The zero-order chi connectivity index (χ0) is 39.9. The molecule has 0 amide bonds. The van der Waals surface area contributed by atoms with Gasteiger partial charge in [-0.15, -0.1) is 34.8 Å². The van der Waals surface area contributed by atoms with Gasteiger partial charge in [0.15, 0.2) is 14.9 Å². The fourth-order valence-electron chi connectivity index (χ4n) is 8.37. The molecule has 0 spiro atoms. The lowest BCUT2D eigenvalue weighted by molar-refractivity contribution is 0.478. The predicted octanol–water partition coefficient (Wildman–Crippen LogP) is 8.25. The number of aromatic nitrogens is 1. The molecular weight excluding hydrogens is 818 g/mol. The maximum atomic E-state index is 8.11. The van der Waals surface area contributed by atoms with Crippen LogP contribution in [0.15, 0.2) is 159 Å². The summed E-state index contributed by atoms with van der Waals surface area (Å²) < 4.78 is 0. The largest absolute Gasteiger partial charge is 0.377 e. The van der Waals surface area contributed by atoms with Crippen LogP contribution in [0.1, 0.15) is 11.4 Å². The Morgan fingerprint density at radius 2 is 1.25 bits per heavy atom. The summed E-state index contributed by atoms with van der Waals surface area (Å²) in [4.78, 5) is 16.8. The minimum absolute atomic E-state index is 0.423. The van der Waals surface area contributed by atoms with E-state index in [0.29, 0.717) is 36.7 Å². The van der Waals surface area contributed by atoms with E-state index in [-0.39, 0.29) is 0 Å². The van der Waals surface area contributed by atoms with E-state index in [1.54, 1.807) is 0 Å². The first kappa shape index (κ1) is 38.5. The highest BCUT2D eigenvalue weighted by Crippen LogP contribution is 2.57. The molecule has 1 aromatic rings. The number of hydrogen-bond acceptors (Lipinski definition) is 7. The molecule has 1 saturated heterocycles. The second-order valence-electron chi connectivity index (χ2n) is 15.5. The molecule has 1 radical (unpaired) electrons. The van der Waals surface area contributed by atoms with Crippen molar-refractivity contribution in [3.05, 3.63) is 167 Å². The van der Waals surface area contributed by atoms with Gasteiger partial charge >= 0.3 is 0 Å². The normalized spacial score (nSPS) is 33.2. The maximum Gasteiger partial charge on any atom is 0.181 e. The van der Waals surface area contributed by atoms with Gasteiger partial charge in [0.05, 0.1) is 22.5 Å². The zero-order valence-electron chi connectivity index (χ0n) is 31.9. The van der Waals surface area contributed by atoms with Crippen LogP contribution in [0.25, 0.3) is 5.57 Å². The number of likely N-dealkylation sites (N-methyl/N-ethyl adjacent to an activating group) is 4. The third-order valence-corrected chi connectivity index (χ3v) is 14.9. The van der Waals surface area contributed by atoms with Crippen molar-refractivity contribution in [3.8, 4) is 0 Å². The van der Waals surface area contributed by atoms with Crippen LogP contribution in [0, 0.1) is 6.42 Å². The molecule has 9 heterocycles. The zero-order valence-corrected chi connectivity index (χ0v) is 35.7. The molecule has 0 aromatic carbocycles. The Balaban J connectivity index is 1.34. The highest BCUT2D eigenvalue weighted by molar-refractivity contribution is 6.51. The SMILES string of the molecule is CN1C=CC(C2=C3[CH]C(Cl)C(Cl)(N3)C(Cl)(C3=CCN(C)C=C3)C3=NC(Cl)(C=C3)C(Cl)(C3=CCN(C)C=C3)c3ccc([nH]3)C(C3=CCN(C)C=C3)=C3C=CC2=N3)=CC1. The van der Waals surface area contributed by atoms with Crippen LogP contribution in [0.2, 0.25) is 0 Å². The third kappa shape index (κ3) is 6.08. The van der Waals surface area contributed by atoms with Crippen molar-refractivity contribution in [2.75, 3.05) is 54.4 Å². The number of rotatable bonds is 4. The number of aliphatic imine (C=N–C) groups is 2. The van der Waals surface area contributed by atoms with Crippen LogP contribution >= 0.6 is 58.0 Å². The van der Waals surface area contributed by atoms with E-state index < -0.39 is 25.1 Å². The molecule has 8 bridgehead atoms. The molecule has 0 aliphatic carbocycles. The van der Waals surface area contributed by atoms with Gasteiger partial charge in [-0.3, -0.25) is 4.99 Å². The molecule has 57 heavy (non-hydrogen) atoms. The molecule has 9 rings (SSSR count). The second-order valence-corrected chi connectivity index (χ2v) is 18.3. The molecule has 8 nitrogen and oxygen atoms in total. The summed E-state index contributed by atoms with van der Waals surface area (Å²) in [5, 5.41) is 2.85. The molecule has 8 aliphatic heterocycles. The molecule has 13 heteroatoms. The van der Waals surface area contributed by atoms with E-state index in [1.165, 1.54) is 0 Å². The van der Waals surface area contributed by atoms with Gasteiger partial charge in [-0.2, -0.15) is 0 Å². The van der Waals surface area contributed by atoms with Gasteiger partial charge in [0.25, 0.3) is 0 Å². The minimum atomic E-state index is -1.56. The van der Waals surface area contributed by atoms with Crippen molar-refractivity contribution in [3.63, 3.8) is 0 Å². The van der Waals surface area contributed by atoms with Crippen LogP contribution in [-0.4, -0.2) is 111 Å². The van der Waals surface area contributed by atoms with E-state index >= 15 is 0 Å². The lowest BCUT2D eigenvalue weighted by Gasteiger charge is -2.44. The average molecular weight is 860 g/mol. The van der Waals surface area contributed by atoms with E-state index in [0.717, 1.165) is 57.1 Å². The van der Waals surface area contributed by atoms with Gasteiger partial charge in [-0.1, -0.05) is 47.5 Å². The van der Waals surface area contributed by atoms with Crippen LogP contribution in [0.4, 0.5) is 0 Å². The third-order valence-electron chi connectivity index (χ3n) is 11.6. The Morgan fingerprint density at radius 3 is 1.82 bits per heavy atom. The molecule has 0 saturated carbocycles. The highest BCUT2D eigenvalue weighted by atomic mass is 35.5. The first-order valence-electron chi connectivity index (χ1n) is 18.9. The van der Waals surface area contributed by atoms with E-state index in [4.69, 9.17) is 68.0 Å². The number of halogens is 5. The Morgan fingerprint density at radius 1 is 0.667 bits per heavy atom. The molecular formula is C44H42Cl5N8. The Labute approximate surface area is 359 Å². The predicted molar refractivity (Wildman–Crippen MR) is 238 cm³/mol. The summed E-state index contributed by atoms with van der Waals surface area (Å²) in [5.41, 5.74) is 9.46. The van der Waals surface area contributed by atoms with Crippen LogP contribution in [-0.2, 0) is 4.87 Å². The molecule has 8 aliphatic rings. The minimum Gasteiger partial charge on any atom is -0.377 e. The number of allylic oxidation sites excluding steroid dienone is 12. The molecule has 1 aromatic heterocycles. The summed E-state index contributed by atoms with van der Waals surface area (Å²) in [6, 6.07) is 4.05. The standard InChI is InChI=1S/C44H42Cl5N8/c1-54-19-10-28(11-20-54)39-32-5-6-33(50-32)40(29-12-21-55(2)22-13-29)35-27-36(45)44(49,52-35)43(48,31-16-25-57(4)26-17-31)38-9-18-41(46,53-38)42(47,37-8-7-34(39)51-37)30-14-23-56(3)24-15-30/h5-19,21,23,25,27,36,51-52H,20,22,24,26H2,1-4H3. The van der Waals surface area contributed by atoms with Crippen molar-refractivity contribution < 1.29 is 0 Å². The molecule has 293 valence electrons. The number of H-pyrrole nitrogens is 1. The molecule has 5 unspecified atom stereocenters. The first-order valence-corrected chi connectivity index (χ1v) is 20.8.